The van der Waals surface area contributed by atoms with Crippen LogP contribution in [0, 0.1) is 27.7 Å². The van der Waals surface area contributed by atoms with Crippen LogP contribution >= 0.6 is 27.7 Å². The molecule has 1 fully saturated rings. The molecule has 0 unspecified atom stereocenters. The van der Waals surface area contributed by atoms with Crippen LogP contribution in [0.4, 0.5) is 10.5 Å². The zero-order valence-electron chi connectivity index (χ0n) is 22.2. The van der Waals surface area contributed by atoms with E-state index >= 15 is 0 Å². The maximum atomic E-state index is 13.1. The van der Waals surface area contributed by atoms with E-state index in [1.54, 1.807) is 24.3 Å². The van der Waals surface area contributed by atoms with Crippen LogP contribution in [0.1, 0.15) is 27.8 Å². The molecule has 1 aliphatic heterocycles. The van der Waals surface area contributed by atoms with Gasteiger partial charge in [0.05, 0.1) is 11.4 Å². The molecule has 0 aliphatic carbocycles. The van der Waals surface area contributed by atoms with E-state index in [0.29, 0.717) is 11.3 Å². The number of carbonyl (C=O) groups is 3. The molecule has 1 N–H and O–H groups in total. The van der Waals surface area contributed by atoms with E-state index in [9.17, 15) is 14.4 Å². The van der Waals surface area contributed by atoms with Crippen molar-refractivity contribution in [3.05, 3.63) is 91.8 Å². The molecule has 7 nitrogen and oxygen atoms in total. The molecule has 39 heavy (non-hydrogen) atoms. The highest BCUT2D eigenvalue weighted by atomic mass is 79.9. The molecule has 202 valence electrons. The Morgan fingerprint density at radius 2 is 1.64 bits per heavy atom. The predicted octanol–water partition coefficient (Wildman–Crippen LogP) is 6.82. The summed E-state index contributed by atoms with van der Waals surface area (Å²) >= 11 is 4.31. The lowest BCUT2D eigenvalue weighted by Gasteiger charge is -2.15. The first-order chi connectivity index (χ1) is 18.6. The van der Waals surface area contributed by atoms with Crippen LogP contribution < -0.4 is 14.8 Å². The SMILES string of the molecule is Cc1ccc(C)c(NC(=O)COc2ccc(Br)cc2/C=C2\SC(=O)N(CCOc3cc(C)ccc3C)C2=O)c1. The van der Waals surface area contributed by atoms with E-state index in [2.05, 4.69) is 21.2 Å². The normalized spacial score (nSPS) is 14.2. The van der Waals surface area contributed by atoms with Gasteiger partial charge in [0.25, 0.3) is 17.1 Å². The summed E-state index contributed by atoms with van der Waals surface area (Å²) in [6.07, 6.45) is 1.61. The van der Waals surface area contributed by atoms with Crippen molar-refractivity contribution >= 4 is 56.5 Å². The second kappa shape index (κ2) is 12.5. The van der Waals surface area contributed by atoms with E-state index in [0.717, 1.165) is 49.9 Å². The number of ether oxygens (including phenoxy) is 2. The average molecular weight is 610 g/mol. The number of carbonyl (C=O) groups excluding carboxylic acids is 3. The maximum Gasteiger partial charge on any atom is 0.293 e. The van der Waals surface area contributed by atoms with Gasteiger partial charge in [-0.1, -0.05) is 40.2 Å². The summed E-state index contributed by atoms with van der Waals surface area (Å²) in [5.74, 6) is 0.448. The van der Waals surface area contributed by atoms with Crippen molar-refractivity contribution in [1.82, 2.24) is 4.90 Å². The lowest BCUT2D eigenvalue weighted by molar-refractivity contribution is -0.123. The van der Waals surface area contributed by atoms with Crippen LogP contribution in [-0.2, 0) is 9.59 Å². The Balaban J connectivity index is 1.42. The van der Waals surface area contributed by atoms with Gasteiger partial charge in [-0.05, 0) is 98.1 Å². The maximum absolute atomic E-state index is 13.1. The molecule has 3 amide bonds. The quantitative estimate of drug-likeness (QED) is 0.268. The third kappa shape index (κ3) is 7.30. The Kier molecular flexibility index (Phi) is 9.14. The standard InChI is InChI=1S/C30H29BrN2O5S/c1-18-5-7-20(3)24(13-18)32-28(34)17-38-25-10-9-23(31)15-22(25)16-27-29(35)33(30(36)39-27)11-12-37-26-14-19(2)6-8-21(26)4/h5-10,13-16H,11-12,17H2,1-4H3,(H,32,34)/b27-16-. The Bertz CT molecular complexity index is 1470. The van der Waals surface area contributed by atoms with Gasteiger partial charge in [0, 0.05) is 15.7 Å². The van der Waals surface area contributed by atoms with Crippen LogP contribution in [0.3, 0.4) is 0 Å². The summed E-state index contributed by atoms with van der Waals surface area (Å²) in [5.41, 5.74) is 5.35. The largest absolute Gasteiger partial charge is 0.491 e. The monoisotopic (exact) mass is 608 g/mol. The first-order valence-electron chi connectivity index (χ1n) is 12.4. The zero-order chi connectivity index (χ0) is 28.1. The molecular formula is C30H29BrN2O5S. The average Bonchev–Trinajstić information content (AvgIpc) is 3.15. The number of aryl methyl sites for hydroxylation is 4. The molecule has 1 heterocycles. The smallest absolute Gasteiger partial charge is 0.293 e. The fourth-order valence-corrected chi connectivity index (χ4v) is 5.14. The molecule has 0 atom stereocenters. The molecule has 4 rings (SSSR count). The summed E-state index contributed by atoms with van der Waals surface area (Å²) in [4.78, 5) is 39.7. The van der Waals surface area contributed by atoms with Gasteiger partial charge in [0.1, 0.15) is 18.1 Å². The Morgan fingerprint density at radius 3 is 2.41 bits per heavy atom. The van der Waals surface area contributed by atoms with Crippen molar-refractivity contribution in [2.24, 2.45) is 0 Å². The number of hydrogen-bond acceptors (Lipinski definition) is 6. The molecule has 1 aliphatic rings. The van der Waals surface area contributed by atoms with Crippen LogP contribution in [0.5, 0.6) is 11.5 Å². The number of benzene rings is 3. The third-order valence-electron chi connectivity index (χ3n) is 6.07. The van der Waals surface area contributed by atoms with E-state index in [4.69, 9.17) is 9.47 Å². The lowest BCUT2D eigenvalue weighted by atomic mass is 10.1. The van der Waals surface area contributed by atoms with Crippen LogP contribution in [0.15, 0.2) is 64.0 Å². The number of hydrogen-bond donors (Lipinski definition) is 1. The Hall–Kier alpha value is -3.56. The van der Waals surface area contributed by atoms with E-state index < -0.39 is 5.91 Å². The van der Waals surface area contributed by atoms with Crippen molar-refractivity contribution in [3.63, 3.8) is 0 Å². The molecule has 0 aromatic heterocycles. The summed E-state index contributed by atoms with van der Waals surface area (Å²) in [7, 11) is 0. The Morgan fingerprint density at radius 1 is 0.923 bits per heavy atom. The highest BCUT2D eigenvalue weighted by Gasteiger charge is 2.35. The number of imide groups is 1. The van der Waals surface area contributed by atoms with Crippen LogP contribution in [-0.4, -0.2) is 41.7 Å². The van der Waals surface area contributed by atoms with Crippen molar-refractivity contribution < 1.29 is 23.9 Å². The first kappa shape index (κ1) is 28.4. The van der Waals surface area contributed by atoms with Gasteiger partial charge in [-0.2, -0.15) is 0 Å². The second-order valence-corrected chi connectivity index (χ2v) is 11.2. The minimum atomic E-state index is -0.395. The van der Waals surface area contributed by atoms with Gasteiger partial charge in [-0.15, -0.1) is 0 Å². The predicted molar refractivity (Wildman–Crippen MR) is 158 cm³/mol. The molecule has 3 aromatic rings. The highest BCUT2D eigenvalue weighted by molar-refractivity contribution is 9.10. The molecule has 0 bridgehead atoms. The number of thioether (sulfide) groups is 1. The molecule has 0 spiro atoms. The number of nitrogens with zero attached hydrogens (tertiary/aromatic N) is 1. The molecule has 0 saturated carbocycles. The third-order valence-corrected chi connectivity index (χ3v) is 7.47. The van der Waals surface area contributed by atoms with Gasteiger partial charge in [-0.3, -0.25) is 19.3 Å². The molecule has 9 heteroatoms. The summed E-state index contributed by atoms with van der Waals surface area (Å²) < 4.78 is 12.4. The molecule has 3 aromatic carbocycles. The van der Waals surface area contributed by atoms with E-state index in [-0.39, 0.29) is 35.8 Å². The van der Waals surface area contributed by atoms with Crippen LogP contribution in [0.25, 0.3) is 6.08 Å². The minimum Gasteiger partial charge on any atom is -0.491 e. The van der Waals surface area contributed by atoms with Crippen molar-refractivity contribution in [3.8, 4) is 11.5 Å². The van der Waals surface area contributed by atoms with Gasteiger partial charge in [0.2, 0.25) is 0 Å². The highest BCUT2D eigenvalue weighted by Crippen LogP contribution is 2.35. The zero-order valence-corrected chi connectivity index (χ0v) is 24.6. The molecular weight excluding hydrogens is 580 g/mol. The van der Waals surface area contributed by atoms with E-state index in [1.807, 2.05) is 64.1 Å². The van der Waals surface area contributed by atoms with Crippen molar-refractivity contribution in [1.29, 1.82) is 0 Å². The van der Waals surface area contributed by atoms with E-state index in [1.165, 1.54) is 4.90 Å². The van der Waals surface area contributed by atoms with Gasteiger partial charge >= 0.3 is 0 Å². The number of nitrogens with one attached hydrogen (secondary N) is 1. The van der Waals surface area contributed by atoms with Gasteiger partial charge in [0.15, 0.2) is 6.61 Å². The van der Waals surface area contributed by atoms with Crippen molar-refractivity contribution in [2.75, 3.05) is 25.1 Å². The fourth-order valence-electron chi connectivity index (χ4n) is 3.91. The topological polar surface area (TPSA) is 84.9 Å². The number of rotatable bonds is 9. The first-order valence-corrected chi connectivity index (χ1v) is 14.0. The number of anilines is 1. The van der Waals surface area contributed by atoms with Gasteiger partial charge in [-0.25, -0.2) is 0 Å². The van der Waals surface area contributed by atoms with Gasteiger partial charge < -0.3 is 14.8 Å². The van der Waals surface area contributed by atoms with Crippen molar-refractivity contribution in [2.45, 2.75) is 27.7 Å². The molecule has 0 radical (unpaired) electrons. The minimum absolute atomic E-state index is 0.135. The van der Waals surface area contributed by atoms with Crippen LogP contribution in [0.2, 0.25) is 0 Å². The summed E-state index contributed by atoms with van der Waals surface area (Å²) in [5, 5.41) is 2.51. The summed E-state index contributed by atoms with van der Waals surface area (Å²) in [6, 6.07) is 17.0. The molecule has 1 saturated heterocycles. The second-order valence-electron chi connectivity index (χ2n) is 9.29. The fraction of sp³-hybridized carbons (Fsp3) is 0.233. The summed E-state index contributed by atoms with van der Waals surface area (Å²) in [6.45, 7) is 7.91. The lowest BCUT2D eigenvalue weighted by Crippen LogP contribution is -2.32. The number of halogens is 1. The number of amides is 3. The Labute approximate surface area is 240 Å².